The van der Waals surface area contributed by atoms with Crippen LogP contribution in [0.5, 0.6) is 23.0 Å². The van der Waals surface area contributed by atoms with Gasteiger partial charge in [-0.15, -0.1) is 0 Å². The Morgan fingerprint density at radius 1 is 0.833 bits per heavy atom. The Kier molecular flexibility index (Phi) is 3.28. The van der Waals surface area contributed by atoms with E-state index in [1.807, 2.05) is 0 Å². The quantitative estimate of drug-likeness (QED) is 0.817. The van der Waals surface area contributed by atoms with E-state index in [0.717, 1.165) is 0 Å². The summed E-state index contributed by atoms with van der Waals surface area (Å²) in [5.74, 6) is 1.39. The fraction of sp³-hybridized carbons (Fsp3) is 0.143. The molecule has 0 aromatic heterocycles. The number of phenolic OH excluding ortho intramolecular Hbond substituents is 2. The highest BCUT2D eigenvalue weighted by Crippen LogP contribution is 2.39. The van der Waals surface area contributed by atoms with Gasteiger partial charge in [0.05, 0.1) is 14.2 Å². The summed E-state index contributed by atoms with van der Waals surface area (Å²) in [7, 11) is 3.11. The Morgan fingerprint density at radius 2 is 1.61 bits per heavy atom. The molecule has 0 fully saturated rings. The highest BCUT2D eigenvalue weighted by Gasteiger charge is 2.12. The van der Waals surface area contributed by atoms with Gasteiger partial charge in [0, 0.05) is 11.1 Å². The van der Waals surface area contributed by atoms with Crippen LogP contribution in [0.15, 0.2) is 36.4 Å². The molecule has 0 aliphatic rings. The van der Waals surface area contributed by atoms with Gasteiger partial charge in [0.15, 0.2) is 0 Å². The van der Waals surface area contributed by atoms with Gasteiger partial charge in [0.25, 0.3) is 0 Å². The lowest BCUT2D eigenvalue weighted by atomic mass is 10.0. The molecular weight excluding hydrogens is 232 g/mol. The van der Waals surface area contributed by atoms with E-state index in [2.05, 4.69) is 0 Å². The first-order chi connectivity index (χ1) is 8.65. The molecule has 2 aromatic carbocycles. The molecule has 4 nitrogen and oxygen atoms in total. The van der Waals surface area contributed by atoms with Crippen molar-refractivity contribution in [2.45, 2.75) is 0 Å². The standard InChI is InChI=1S/C14H14O4/c1-17-10-4-6-14(18-2)12(8-10)11-7-9(15)3-5-13(11)16/h3-8,15-16H,1-2H3. The third-order valence-electron chi connectivity index (χ3n) is 2.68. The Hall–Kier alpha value is -2.36. The molecule has 0 radical (unpaired) electrons. The van der Waals surface area contributed by atoms with E-state index in [0.29, 0.717) is 22.6 Å². The SMILES string of the molecule is COc1ccc(OC)c(-c2cc(O)ccc2O)c1. The molecule has 0 heterocycles. The second-order valence-corrected chi connectivity index (χ2v) is 3.77. The third kappa shape index (κ3) is 2.18. The summed E-state index contributed by atoms with van der Waals surface area (Å²) in [5, 5.41) is 19.4. The van der Waals surface area contributed by atoms with Gasteiger partial charge in [-0.2, -0.15) is 0 Å². The molecule has 0 amide bonds. The molecule has 0 saturated carbocycles. The van der Waals surface area contributed by atoms with Crippen molar-refractivity contribution in [3.8, 4) is 34.1 Å². The third-order valence-corrected chi connectivity index (χ3v) is 2.68. The topological polar surface area (TPSA) is 58.9 Å². The number of phenols is 2. The monoisotopic (exact) mass is 246 g/mol. The Morgan fingerprint density at radius 3 is 2.28 bits per heavy atom. The van der Waals surface area contributed by atoms with E-state index in [-0.39, 0.29) is 11.5 Å². The average molecular weight is 246 g/mol. The molecule has 18 heavy (non-hydrogen) atoms. The molecular formula is C14H14O4. The van der Waals surface area contributed by atoms with Gasteiger partial charge in [-0.05, 0) is 36.4 Å². The van der Waals surface area contributed by atoms with Gasteiger partial charge >= 0.3 is 0 Å². The summed E-state index contributed by atoms with van der Waals surface area (Å²) in [6.07, 6.45) is 0. The van der Waals surface area contributed by atoms with Crippen LogP contribution in [-0.4, -0.2) is 24.4 Å². The van der Waals surface area contributed by atoms with Crippen molar-refractivity contribution in [3.63, 3.8) is 0 Å². The number of benzene rings is 2. The van der Waals surface area contributed by atoms with Crippen LogP contribution < -0.4 is 9.47 Å². The molecule has 94 valence electrons. The molecule has 4 heteroatoms. The molecule has 0 unspecified atom stereocenters. The second-order valence-electron chi connectivity index (χ2n) is 3.77. The highest BCUT2D eigenvalue weighted by atomic mass is 16.5. The largest absolute Gasteiger partial charge is 0.508 e. The highest BCUT2D eigenvalue weighted by molar-refractivity contribution is 5.77. The van der Waals surface area contributed by atoms with Crippen LogP contribution in [-0.2, 0) is 0 Å². The maximum absolute atomic E-state index is 9.86. The molecule has 0 atom stereocenters. The fourth-order valence-corrected chi connectivity index (χ4v) is 1.76. The summed E-state index contributed by atoms with van der Waals surface area (Å²) in [5.41, 5.74) is 1.15. The van der Waals surface area contributed by atoms with Crippen LogP contribution in [0.1, 0.15) is 0 Å². The minimum Gasteiger partial charge on any atom is -0.508 e. The van der Waals surface area contributed by atoms with E-state index in [1.165, 1.54) is 18.2 Å². The number of rotatable bonds is 3. The molecule has 0 aliphatic carbocycles. The predicted molar refractivity (Wildman–Crippen MR) is 68.3 cm³/mol. The summed E-state index contributed by atoms with van der Waals surface area (Å²) in [4.78, 5) is 0. The van der Waals surface area contributed by atoms with Gasteiger partial charge in [-0.25, -0.2) is 0 Å². The van der Waals surface area contributed by atoms with Gasteiger partial charge in [-0.1, -0.05) is 0 Å². The van der Waals surface area contributed by atoms with Crippen molar-refractivity contribution in [2.24, 2.45) is 0 Å². The first-order valence-electron chi connectivity index (χ1n) is 5.40. The van der Waals surface area contributed by atoms with Crippen LogP contribution in [0.2, 0.25) is 0 Å². The van der Waals surface area contributed by atoms with E-state index in [4.69, 9.17) is 9.47 Å². The smallest absolute Gasteiger partial charge is 0.127 e. The zero-order valence-corrected chi connectivity index (χ0v) is 10.2. The molecule has 2 rings (SSSR count). The van der Waals surface area contributed by atoms with Gasteiger partial charge in [-0.3, -0.25) is 0 Å². The zero-order chi connectivity index (χ0) is 13.1. The number of hydrogen-bond donors (Lipinski definition) is 2. The zero-order valence-electron chi connectivity index (χ0n) is 10.2. The summed E-state index contributed by atoms with van der Waals surface area (Å²) >= 11 is 0. The van der Waals surface area contributed by atoms with E-state index < -0.39 is 0 Å². The van der Waals surface area contributed by atoms with E-state index >= 15 is 0 Å². The van der Waals surface area contributed by atoms with E-state index in [9.17, 15) is 10.2 Å². The normalized spacial score (nSPS) is 10.1. The van der Waals surface area contributed by atoms with Crippen molar-refractivity contribution >= 4 is 0 Å². The minimum absolute atomic E-state index is 0.0688. The van der Waals surface area contributed by atoms with Crippen molar-refractivity contribution < 1.29 is 19.7 Å². The van der Waals surface area contributed by atoms with Crippen LogP contribution in [0.4, 0.5) is 0 Å². The van der Waals surface area contributed by atoms with Crippen molar-refractivity contribution in [1.82, 2.24) is 0 Å². The molecule has 0 aliphatic heterocycles. The summed E-state index contributed by atoms with van der Waals surface area (Å²) < 4.78 is 10.4. The van der Waals surface area contributed by atoms with Crippen LogP contribution in [0, 0.1) is 0 Å². The molecule has 2 aromatic rings. The van der Waals surface area contributed by atoms with Gasteiger partial charge < -0.3 is 19.7 Å². The molecule has 2 N–H and O–H groups in total. The van der Waals surface area contributed by atoms with Crippen molar-refractivity contribution in [3.05, 3.63) is 36.4 Å². The predicted octanol–water partition coefficient (Wildman–Crippen LogP) is 2.78. The molecule has 0 saturated heterocycles. The fourth-order valence-electron chi connectivity index (χ4n) is 1.76. The lowest BCUT2D eigenvalue weighted by molar-refractivity contribution is 0.404. The maximum Gasteiger partial charge on any atom is 0.127 e. The lowest BCUT2D eigenvalue weighted by Crippen LogP contribution is -1.90. The number of hydrogen-bond acceptors (Lipinski definition) is 4. The van der Waals surface area contributed by atoms with E-state index in [1.54, 1.807) is 32.4 Å². The average Bonchev–Trinajstić information content (AvgIpc) is 2.40. The van der Waals surface area contributed by atoms with Gasteiger partial charge in [0.2, 0.25) is 0 Å². The Labute approximate surface area is 105 Å². The van der Waals surface area contributed by atoms with Gasteiger partial charge in [0.1, 0.15) is 23.0 Å². The Balaban J connectivity index is 2.64. The number of methoxy groups -OCH3 is 2. The first-order valence-corrected chi connectivity index (χ1v) is 5.40. The summed E-state index contributed by atoms with van der Waals surface area (Å²) in [6, 6.07) is 9.59. The van der Waals surface area contributed by atoms with Crippen LogP contribution in [0.3, 0.4) is 0 Å². The number of aromatic hydroxyl groups is 2. The van der Waals surface area contributed by atoms with Crippen LogP contribution in [0.25, 0.3) is 11.1 Å². The summed E-state index contributed by atoms with van der Waals surface area (Å²) in [6.45, 7) is 0. The second kappa shape index (κ2) is 4.87. The lowest BCUT2D eigenvalue weighted by Gasteiger charge is -2.12. The Bertz CT molecular complexity index is 564. The van der Waals surface area contributed by atoms with Crippen molar-refractivity contribution in [1.29, 1.82) is 0 Å². The number of ether oxygens (including phenoxy) is 2. The van der Waals surface area contributed by atoms with Crippen LogP contribution >= 0.6 is 0 Å². The molecule has 0 spiro atoms. The minimum atomic E-state index is 0.0688. The molecule has 0 bridgehead atoms. The van der Waals surface area contributed by atoms with Crippen molar-refractivity contribution in [2.75, 3.05) is 14.2 Å². The first kappa shape index (κ1) is 12.1. The maximum atomic E-state index is 9.86.